The standard InChI is InChI=1S/C31H34O10/c1-6-27(32)41-26-11-9-22(10-12-26)23-17-24(30(35)39-15-7-13-37-28(33)20(2)3)19-25(18-23)31(36)40-16-8-14-38-29(34)21(4)5/h9-12,17-19H,2,4,6-8,13-16H2,1,3,5H3. The van der Waals surface area contributed by atoms with Crippen molar-refractivity contribution in [1.29, 1.82) is 0 Å². The molecule has 0 aliphatic rings. The molecule has 0 spiro atoms. The quantitative estimate of drug-likeness (QED) is 0.0954. The van der Waals surface area contributed by atoms with Gasteiger partial charge in [0, 0.05) is 30.4 Å². The summed E-state index contributed by atoms with van der Waals surface area (Å²) in [6.07, 6.45) is 0.768. The van der Waals surface area contributed by atoms with E-state index in [1.807, 2.05) is 0 Å². The number of hydrogen-bond donors (Lipinski definition) is 0. The van der Waals surface area contributed by atoms with Gasteiger partial charge in [0.25, 0.3) is 0 Å². The molecule has 0 amide bonds. The Morgan fingerprint density at radius 2 is 1.07 bits per heavy atom. The van der Waals surface area contributed by atoms with E-state index < -0.39 is 23.9 Å². The van der Waals surface area contributed by atoms with Crippen LogP contribution in [0.1, 0.15) is 60.7 Å². The fourth-order valence-corrected chi connectivity index (χ4v) is 3.14. The Bertz CT molecular complexity index is 1220. The van der Waals surface area contributed by atoms with Crippen molar-refractivity contribution in [2.75, 3.05) is 26.4 Å². The molecule has 0 heterocycles. The van der Waals surface area contributed by atoms with E-state index in [4.69, 9.17) is 23.7 Å². The van der Waals surface area contributed by atoms with Crippen LogP contribution in [0.2, 0.25) is 0 Å². The molecule has 0 aromatic heterocycles. The summed E-state index contributed by atoms with van der Waals surface area (Å²) in [5.41, 5.74) is 1.90. The molecular formula is C31H34O10. The summed E-state index contributed by atoms with van der Waals surface area (Å²) in [5.74, 6) is -2.46. The second-order valence-electron chi connectivity index (χ2n) is 8.96. The van der Waals surface area contributed by atoms with Crippen LogP contribution in [0.4, 0.5) is 0 Å². The summed E-state index contributed by atoms with van der Waals surface area (Å²) >= 11 is 0. The van der Waals surface area contributed by atoms with Crippen molar-refractivity contribution in [2.45, 2.75) is 40.0 Å². The van der Waals surface area contributed by atoms with Crippen LogP contribution in [-0.2, 0) is 33.3 Å². The first-order valence-corrected chi connectivity index (χ1v) is 13.0. The van der Waals surface area contributed by atoms with Gasteiger partial charge in [0.15, 0.2) is 0 Å². The number of esters is 5. The van der Waals surface area contributed by atoms with Gasteiger partial charge < -0.3 is 23.7 Å². The average molecular weight is 567 g/mol. The summed E-state index contributed by atoms with van der Waals surface area (Å²) < 4.78 is 25.8. The second-order valence-corrected chi connectivity index (χ2v) is 8.96. The molecule has 0 fully saturated rings. The van der Waals surface area contributed by atoms with Crippen LogP contribution in [0.5, 0.6) is 5.75 Å². The van der Waals surface area contributed by atoms with Gasteiger partial charge in [-0.25, -0.2) is 19.2 Å². The number of carbonyl (C=O) groups excluding carboxylic acids is 5. The first kappa shape index (κ1) is 32.5. The molecule has 10 heteroatoms. The summed E-state index contributed by atoms with van der Waals surface area (Å²) in [6, 6.07) is 11.0. The largest absolute Gasteiger partial charge is 0.462 e. The first-order chi connectivity index (χ1) is 19.5. The number of ether oxygens (including phenoxy) is 5. The van der Waals surface area contributed by atoms with Gasteiger partial charge in [-0.2, -0.15) is 0 Å². The topological polar surface area (TPSA) is 132 Å². The van der Waals surface area contributed by atoms with E-state index in [-0.39, 0.29) is 73.9 Å². The molecule has 0 saturated heterocycles. The van der Waals surface area contributed by atoms with E-state index in [0.29, 0.717) is 16.9 Å². The van der Waals surface area contributed by atoms with Crippen LogP contribution in [0.25, 0.3) is 11.1 Å². The van der Waals surface area contributed by atoms with E-state index in [2.05, 4.69) is 13.2 Å². The molecule has 0 aliphatic carbocycles. The Labute approximate surface area is 238 Å². The Balaban J connectivity index is 2.15. The minimum absolute atomic E-state index is 0.0211. The fourth-order valence-electron chi connectivity index (χ4n) is 3.14. The lowest BCUT2D eigenvalue weighted by atomic mass is 9.99. The lowest BCUT2D eigenvalue weighted by Crippen LogP contribution is -2.13. The molecule has 0 radical (unpaired) electrons. The SMILES string of the molecule is C=C(C)C(=O)OCCCOC(=O)c1cc(C(=O)OCCCOC(=O)C(=C)C)cc(-c2ccc(OC(=O)CC)cc2)c1. The highest BCUT2D eigenvalue weighted by Crippen LogP contribution is 2.26. The van der Waals surface area contributed by atoms with Gasteiger partial charge in [0.05, 0.1) is 37.6 Å². The van der Waals surface area contributed by atoms with Crippen molar-refractivity contribution in [3.63, 3.8) is 0 Å². The van der Waals surface area contributed by atoms with E-state index in [1.165, 1.54) is 19.9 Å². The third kappa shape index (κ3) is 11.1. The van der Waals surface area contributed by atoms with Crippen LogP contribution >= 0.6 is 0 Å². The molecule has 2 aromatic carbocycles. The highest BCUT2D eigenvalue weighted by atomic mass is 16.6. The van der Waals surface area contributed by atoms with E-state index >= 15 is 0 Å². The number of benzene rings is 2. The molecule has 10 nitrogen and oxygen atoms in total. The summed E-state index contributed by atoms with van der Waals surface area (Å²) in [7, 11) is 0. The van der Waals surface area contributed by atoms with Crippen molar-refractivity contribution in [3.05, 3.63) is 77.9 Å². The van der Waals surface area contributed by atoms with Gasteiger partial charge in [-0.3, -0.25) is 4.79 Å². The Morgan fingerprint density at radius 1 is 0.634 bits per heavy atom. The molecule has 2 rings (SSSR count). The van der Waals surface area contributed by atoms with Gasteiger partial charge in [0.1, 0.15) is 5.75 Å². The summed E-state index contributed by atoms with van der Waals surface area (Å²) in [4.78, 5) is 60.2. The number of hydrogen-bond acceptors (Lipinski definition) is 10. The monoisotopic (exact) mass is 566 g/mol. The van der Waals surface area contributed by atoms with Crippen LogP contribution < -0.4 is 4.74 Å². The van der Waals surface area contributed by atoms with Gasteiger partial charge >= 0.3 is 29.8 Å². The van der Waals surface area contributed by atoms with Crippen LogP contribution in [0.15, 0.2) is 66.8 Å². The minimum atomic E-state index is -0.688. The van der Waals surface area contributed by atoms with Crippen LogP contribution in [0, 0.1) is 0 Å². The molecular weight excluding hydrogens is 532 g/mol. The third-order valence-corrected chi connectivity index (χ3v) is 5.32. The molecule has 0 unspecified atom stereocenters. The number of carbonyl (C=O) groups is 5. The zero-order chi connectivity index (χ0) is 30.4. The lowest BCUT2D eigenvalue weighted by molar-refractivity contribution is -0.140. The maximum Gasteiger partial charge on any atom is 0.338 e. The fraction of sp³-hybridized carbons (Fsp3) is 0.323. The zero-order valence-corrected chi connectivity index (χ0v) is 23.5. The number of rotatable bonds is 15. The molecule has 0 aliphatic heterocycles. The maximum absolute atomic E-state index is 12.8. The molecule has 2 aromatic rings. The maximum atomic E-state index is 12.8. The predicted molar refractivity (Wildman–Crippen MR) is 149 cm³/mol. The smallest absolute Gasteiger partial charge is 0.338 e. The van der Waals surface area contributed by atoms with Crippen molar-refractivity contribution in [1.82, 2.24) is 0 Å². The Hall–Kier alpha value is -4.73. The third-order valence-electron chi connectivity index (χ3n) is 5.32. The molecule has 0 N–H and O–H groups in total. The zero-order valence-electron chi connectivity index (χ0n) is 23.5. The van der Waals surface area contributed by atoms with E-state index in [9.17, 15) is 24.0 Å². The Kier molecular flexibility index (Phi) is 13.0. The highest BCUT2D eigenvalue weighted by molar-refractivity contribution is 5.97. The lowest BCUT2D eigenvalue weighted by Gasteiger charge is -2.11. The molecule has 218 valence electrons. The Morgan fingerprint density at radius 3 is 1.49 bits per heavy atom. The minimum Gasteiger partial charge on any atom is -0.462 e. The normalized spacial score (nSPS) is 10.2. The van der Waals surface area contributed by atoms with Crippen molar-refractivity contribution < 1.29 is 47.7 Å². The van der Waals surface area contributed by atoms with Gasteiger partial charge in [-0.05, 0) is 55.3 Å². The summed E-state index contributed by atoms with van der Waals surface area (Å²) in [5, 5.41) is 0. The first-order valence-electron chi connectivity index (χ1n) is 13.0. The molecule has 0 saturated carbocycles. The average Bonchev–Trinajstić information content (AvgIpc) is 2.96. The van der Waals surface area contributed by atoms with Crippen molar-refractivity contribution in [3.8, 4) is 16.9 Å². The molecule has 0 atom stereocenters. The second kappa shape index (κ2) is 16.4. The highest BCUT2D eigenvalue weighted by Gasteiger charge is 2.17. The van der Waals surface area contributed by atoms with Gasteiger partial charge in [0.2, 0.25) is 0 Å². The molecule has 0 bridgehead atoms. The van der Waals surface area contributed by atoms with E-state index in [0.717, 1.165) is 0 Å². The van der Waals surface area contributed by atoms with Crippen LogP contribution in [-0.4, -0.2) is 56.3 Å². The van der Waals surface area contributed by atoms with Crippen LogP contribution in [0.3, 0.4) is 0 Å². The predicted octanol–water partition coefficient (Wildman–Crippen LogP) is 5.00. The van der Waals surface area contributed by atoms with E-state index in [1.54, 1.807) is 43.3 Å². The van der Waals surface area contributed by atoms with Gasteiger partial charge in [-0.1, -0.05) is 32.2 Å². The van der Waals surface area contributed by atoms with Gasteiger partial charge in [-0.15, -0.1) is 0 Å². The van der Waals surface area contributed by atoms with Crippen molar-refractivity contribution >= 4 is 29.8 Å². The molecule has 41 heavy (non-hydrogen) atoms. The van der Waals surface area contributed by atoms with Crippen molar-refractivity contribution in [2.24, 2.45) is 0 Å². The summed E-state index contributed by atoms with van der Waals surface area (Å²) in [6.45, 7) is 11.8.